The van der Waals surface area contributed by atoms with Crippen LogP contribution in [0.5, 0.6) is 0 Å². The van der Waals surface area contributed by atoms with Gasteiger partial charge in [-0.3, -0.25) is 10.1 Å². The fraction of sp³-hybridized carbons (Fsp3) is 0.455. The van der Waals surface area contributed by atoms with Gasteiger partial charge in [-0.05, 0) is 31.5 Å². The van der Waals surface area contributed by atoms with Crippen molar-refractivity contribution in [1.29, 1.82) is 0 Å². The van der Waals surface area contributed by atoms with E-state index in [0.717, 1.165) is 25.5 Å². The third-order valence-corrected chi connectivity index (χ3v) is 4.88. The fourth-order valence-corrected chi connectivity index (χ4v) is 3.52. The van der Waals surface area contributed by atoms with Crippen LogP contribution in [0.1, 0.15) is 12.8 Å². The highest BCUT2D eigenvalue weighted by Gasteiger charge is 2.24. The quantitative estimate of drug-likeness (QED) is 0.643. The van der Waals surface area contributed by atoms with E-state index in [2.05, 4.69) is 10.0 Å². The molecule has 1 unspecified atom stereocenters. The van der Waals surface area contributed by atoms with E-state index in [0.29, 0.717) is 6.54 Å². The molecular weight excluding hydrogens is 306 g/mol. The van der Waals surface area contributed by atoms with E-state index >= 15 is 0 Å². The topological polar surface area (TPSA) is 101 Å². The molecule has 9 heteroatoms. The molecule has 0 aromatic heterocycles. The van der Waals surface area contributed by atoms with Crippen molar-refractivity contribution in [2.24, 2.45) is 0 Å². The van der Waals surface area contributed by atoms with Crippen molar-refractivity contribution in [2.45, 2.75) is 23.8 Å². The van der Waals surface area contributed by atoms with E-state index in [4.69, 9.17) is 11.6 Å². The average molecular weight is 320 g/mol. The third kappa shape index (κ3) is 3.45. The molecule has 0 amide bonds. The Hall–Kier alpha value is -1.22. The SMILES string of the molecule is O=[N+]([O-])c1cc(S(=O)(=O)NC2CCCNC2)ccc1Cl. The van der Waals surface area contributed by atoms with Crippen LogP contribution in [0.4, 0.5) is 5.69 Å². The van der Waals surface area contributed by atoms with Crippen molar-refractivity contribution in [2.75, 3.05) is 13.1 Å². The van der Waals surface area contributed by atoms with E-state index in [1.54, 1.807) is 0 Å². The molecule has 1 atom stereocenters. The molecule has 1 saturated heterocycles. The number of benzene rings is 1. The molecule has 0 spiro atoms. The van der Waals surface area contributed by atoms with Crippen molar-refractivity contribution < 1.29 is 13.3 Å². The second-order valence-corrected chi connectivity index (χ2v) is 6.66. The summed E-state index contributed by atoms with van der Waals surface area (Å²) in [7, 11) is -3.79. The van der Waals surface area contributed by atoms with Gasteiger partial charge in [0.2, 0.25) is 10.0 Å². The van der Waals surface area contributed by atoms with Crippen LogP contribution in [-0.4, -0.2) is 32.5 Å². The van der Waals surface area contributed by atoms with Crippen LogP contribution in [-0.2, 0) is 10.0 Å². The predicted molar refractivity (Wildman–Crippen MR) is 74.3 cm³/mol. The van der Waals surface area contributed by atoms with E-state index in [9.17, 15) is 18.5 Å². The number of sulfonamides is 1. The number of nitro benzene ring substituents is 1. The predicted octanol–water partition coefficient (Wildman–Crippen LogP) is 1.28. The molecular formula is C11H14ClN3O4S. The van der Waals surface area contributed by atoms with Gasteiger partial charge >= 0.3 is 0 Å². The standard InChI is InChI=1S/C11H14ClN3O4S/c12-10-4-3-9(6-11(10)15(16)17)20(18,19)14-8-2-1-5-13-7-8/h3-4,6,8,13-14H,1-2,5,7H2. The first kappa shape index (κ1) is 15.2. The van der Waals surface area contributed by atoms with Gasteiger partial charge in [-0.1, -0.05) is 11.6 Å². The number of piperidine rings is 1. The van der Waals surface area contributed by atoms with Crippen molar-refractivity contribution in [3.8, 4) is 0 Å². The second kappa shape index (κ2) is 6.04. The number of rotatable bonds is 4. The summed E-state index contributed by atoms with van der Waals surface area (Å²) < 4.78 is 26.9. The van der Waals surface area contributed by atoms with Gasteiger partial charge in [0.1, 0.15) is 5.02 Å². The van der Waals surface area contributed by atoms with Crippen LogP contribution in [0.3, 0.4) is 0 Å². The minimum atomic E-state index is -3.79. The smallest absolute Gasteiger partial charge is 0.289 e. The molecule has 0 saturated carbocycles. The maximum Gasteiger partial charge on any atom is 0.289 e. The fourth-order valence-electron chi connectivity index (χ4n) is 2.04. The zero-order valence-electron chi connectivity index (χ0n) is 10.5. The molecule has 1 heterocycles. The molecule has 1 aromatic rings. The van der Waals surface area contributed by atoms with Crippen LogP contribution in [0.2, 0.25) is 5.02 Å². The Morgan fingerprint density at radius 2 is 2.20 bits per heavy atom. The molecule has 1 aromatic carbocycles. The van der Waals surface area contributed by atoms with E-state index in [1.807, 2.05) is 0 Å². The Kier molecular flexibility index (Phi) is 4.59. The summed E-state index contributed by atoms with van der Waals surface area (Å²) in [6, 6.07) is 3.24. The lowest BCUT2D eigenvalue weighted by Gasteiger charge is -2.23. The highest BCUT2D eigenvalue weighted by molar-refractivity contribution is 7.89. The molecule has 1 aliphatic heterocycles. The Bertz CT molecular complexity index is 614. The summed E-state index contributed by atoms with van der Waals surface area (Å²) in [5.41, 5.74) is -0.420. The van der Waals surface area contributed by atoms with Crippen molar-refractivity contribution in [1.82, 2.24) is 10.0 Å². The third-order valence-electron chi connectivity index (χ3n) is 3.04. The molecule has 7 nitrogen and oxygen atoms in total. The summed E-state index contributed by atoms with van der Waals surface area (Å²) in [6.07, 6.45) is 1.62. The molecule has 0 bridgehead atoms. The Morgan fingerprint density at radius 3 is 2.80 bits per heavy atom. The van der Waals surface area contributed by atoms with Crippen molar-refractivity contribution in [3.63, 3.8) is 0 Å². The van der Waals surface area contributed by atoms with E-state index in [-0.39, 0.29) is 16.0 Å². The second-order valence-electron chi connectivity index (χ2n) is 4.53. The monoisotopic (exact) mass is 319 g/mol. The maximum atomic E-state index is 12.2. The molecule has 1 aliphatic rings. The van der Waals surface area contributed by atoms with Crippen LogP contribution < -0.4 is 10.0 Å². The largest absolute Gasteiger partial charge is 0.315 e. The molecule has 0 radical (unpaired) electrons. The summed E-state index contributed by atoms with van der Waals surface area (Å²) in [5.74, 6) is 0. The number of nitrogens with zero attached hydrogens (tertiary/aromatic N) is 1. The normalized spacial score (nSPS) is 19.8. The number of nitro groups is 1. The first-order valence-electron chi connectivity index (χ1n) is 6.07. The van der Waals surface area contributed by atoms with Crippen LogP contribution >= 0.6 is 11.6 Å². The van der Waals surface area contributed by atoms with Gasteiger partial charge in [-0.15, -0.1) is 0 Å². The summed E-state index contributed by atoms with van der Waals surface area (Å²) in [6.45, 7) is 1.42. The van der Waals surface area contributed by atoms with Gasteiger partial charge in [0.25, 0.3) is 5.69 Å². The van der Waals surface area contributed by atoms with Gasteiger partial charge in [0.15, 0.2) is 0 Å². The van der Waals surface area contributed by atoms with E-state index < -0.39 is 20.6 Å². The Morgan fingerprint density at radius 1 is 1.45 bits per heavy atom. The summed E-state index contributed by atoms with van der Waals surface area (Å²) in [4.78, 5) is 9.93. The number of halogens is 1. The Labute approximate surface area is 121 Å². The zero-order chi connectivity index (χ0) is 14.8. The first-order valence-corrected chi connectivity index (χ1v) is 7.93. The van der Waals surface area contributed by atoms with Crippen LogP contribution in [0, 0.1) is 10.1 Å². The van der Waals surface area contributed by atoms with E-state index in [1.165, 1.54) is 12.1 Å². The van der Waals surface area contributed by atoms with Crippen LogP contribution in [0.25, 0.3) is 0 Å². The number of hydrogen-bond donors (Lipinski definition) is 2. The lowest BCUT2D eigenvalue weighted by molar-refractivity contribution is -0.384. The lowest BCUT2D eigenvalue weighted by Crippen LogP contribution is -2.45. The van der Waals surface area contributed by atoms with Gasteiger partial charge < -0.3 is 5.32 Å². The molecule has 20 heavy (non-hydrogen) atoms. The summed E-state index contributed by atoms with van der Waals surface area (Å²) in [5, 5.41) is 13.8. The number of nitrogens with one attached hydrogen (secondary N) is 2. The molecule has 2 rings (SSSR count). The summed E-state index contributed by atoms with van der Waals surface area (Å²) >= 11 is 5.67. The highest BCUT2D eigenvalue weighted by atomic mass is 35.5. The van der Waals surface area contributed by atoms with Crippen LogP contribution in [0.15, 0.2) is 23.1 Å². The Balaban J connectivity index is 2.24. The van der Waals surface area contributed by atoms with Crippen molar-refractivity contribution in [3.05, 3.63) is 33.3 Å². The molecule has 110 valence electrons. The number of hydrogen-bond acceptors (Lipinski definition) is 5. The minimum Gasteiger partial charge on any atom is -0.315 e. The van der Waals surface area contributed by atoms with Gasteiger partial charge in [0.05, 0.1) is 9.82 Å². The first-order chi connectivity index (χ1) is 9.40. The average Bonchev–Trinajstić information content (AvgIpc) is 2.39. The van der Waals surface area contributed by atoms with Gasteiger partial charge in [-0.2, -0.15) is 0 Å². The molecule has 1 fully saturated rings. The highest BCUT2D eigenvalue weighted by Crippen LogP contribution is 2.27. The van der Waals surface area contributed by atoms with Crippen molar-refractivity contribution >= 4 is 27.3 Å². The zero-order valence-corrected chi connectivity index (χ0v) is 12.1. The molecule has 0 aliphatic carbocycles. The van der Waals surface area contributed by atoms with Gasteiger partial charge in [-0.25, -0.2) is 13.1 Å². The maximum absolute atomic E-state index is 12.2. The lowest BCUT2D eigenvalue weighted by atomic mass is 10.1. The van der Waals surface area contributed by atoms with Gasteiger partial charge in [0, 0.05) is 18.7 Å². The minimum absolute atomic E-state index is 0.0896. The molecule has 2 N–H and O–H groups in total.